The van der Waals surface area contributed by atoms with Gasteiger partial charge in [-0.15, -0.1) is 0 Å². The van der Waals surface area contributed by atoms with Gasteiger partial charge in [0.2, 0.25) is 0 Å². The zero-order valence-corrected chi connectivity index (χ0v) is 16.8. The predicted octanol–water partition coefficient (Wildman–Crippen LogP) is 2.46. The van der Waals surface area contributed by atoms with Crippen LogP contribution in [0, 0.1) is 0 Å². The zero-order chi connectivity index (χ0) is 21.9. The monoisotopic (exact) mass is 412 g/mol. The second kappa shape index (κ2) is 11.4. The van der Waals surface area contributed by atoms with Crippen LogP contribution in [0.3, 0.4) is 0 Å². The molecule has 3 amide bonds. The van der Waals surface area contributed by atoms with Gasteiger partial charge in [0, 0.05) is 17.2 Å². The SMILES string of the molecule is CC[C@@H](C)NC(=O)NC(=O)COC(=O)COc1ccc(C(=O)c2ccccc2)cc1. The first kappa shape index (κ1) is 22.6. The summed E-state index contributed by atoms with van der Waals surface area (Å²) in [5, 5.41) is 4.62. The second-order valence-corrected chi connectivity index (χ2v) is 6.50. The minimum Gasteiger partial charge on any atom is -0.482 e. The summed E-state index contributed by atoms with van der Waals surface area (Å²) in [4.78, 5) is 47.2. The highest BCUT2D eigenvalue weighted by Gasteiger charge is 2.13. The molecule has 0 heterocycles. The molecular weight excluding hydrogens is 388 g/mol. The van der Waals surface area contributed by atoms with E-state index in [1.807, 2.05) is 13.0 Å². The van der Waals surface area contributed by atoms with Crippen molar-refractivity contribution in [3.05, 3.63) is 65.7 Å². The summed E-state index contributed by atoms with van der Waals surface area (Å²) in [6, 6.07) is 14.5. The van der Waals surface area contributed by atoms with Crippen molar-refractivity contribution >= 4 is 23.7 Å². The van der Waals surface area contributed by atoms with Crippen LogP contribution in [0.5, 0.6) is 5.75 Å². The van der Waals surface area contributed by atoms with Crippen molar-refractivity contribution in [3.63, 3.8) is 0 Å². The van der Waals surface area contributed by atoms with Crippen LogP contribution in [0.15, 0.2) is 54.6 Å². The van der Waals surface area contributed by atoms with Crippen molar-refractivity contribution in [2.75, 3.05) is 13.2 Å². The van der Waals surface area contributed by atoms with E-state index in [9.17, 15) is 19.2 Å². The molecule has 0 bridgehead atoms. The fourth-order valence-corrected chi connectivity index (χ4v) is 2.31. The van der Waals surface area contributed by atoms with Gasteiger partial charge in [0.15, 0.2) is 19.0 Å². The van der Waals surface area contributed by atoms with Crippen molar-refractivity contribution < 1.29 is 28.7 Å². The average Bonchev–Trinajstić information content (AvgIpc) is 2.76. The topological polar surface area (TPSA) is 111 Å². The molecule has 0 saturated carbocycles. The molecule has 30 heavy (non-hydrogen) atoms. The molecule has 2 N–H and O–H groups in total. The second-order valence-electron chi connectivity index (χ2n) is 6.50. The highest BCUT2D eigenvalue weighted by molar-refractivity contribution is 6.09. The van der Waals surface area contributed by atoms with Gasteiger partial charge < -0.3 is 14.8 Å². The van der Waals surface area contributed by atoms with Crippen molar-refractivity contribution in [2.45, 2.75) is 26.3 Å². The molecule has 2 aromatic carbocycles. The van der Waals surface area contributed by atoms with Crippen molar-refractivity contribution in [1.29, 1.82) is 0 Å². The summed E-state index contributed by atoms with van der Waals surface area (Å²) in [6.45, 7) is 2.67. The molecule has 1 atom stereocenters. The van der Waals surface area contributed by atoms with Gasteiger partial charge in [-0.2, -0.15) is 0 Å². The van der Waals surface area contributed by atoms with E-state index in [4.69, 9.17) is 9.47 Å². The number of hydrogen-bond acceptors (Lipinski definition) is 6. The number of carbonyl (C=O) groups is 4. The molecule has 0 aromatic heterocycles. The molecule has 0 spiro atoms. The Morgan fingerprint density at radius 2 is 1.53 bits per heavy atom. The maximum atomic E-state index is 12.3. The van der Waals surface area contributed by atoms with Crippen LogP contribution < -0.4 is 15.4 Å². The third-order valence-electron chi connectivity index (χ3n) is 4.12. The number of hydrogen-bond donors (Lipinski definition) is 2. The Labute approximate surface area is 174 Å². The Kier molecular flexibility index (Phi) is 8.56. The van der Waals surface area contributed by atoms with Crippen molar-refractivity contribution in [2.24, 2.45) is 0 Å². The predicted molar refractivity (Wildman–Crippen MR) is 109 cm³/mol. The first-order valence-corrected chi connectivity index (χ1v) is 9.47. The van der Waals surface area contributed by atoms with E-state index in [1.165, 1.54) is 0 Å². The highest BCUT2D eigenvalue weighted by Crippen LogP contribution is 2.15. The minimum absolute atomic E-state index is 0.0804. The molecule has 0 unspecified atom stereocenters. The van der Waals surface area contributed by atoms with Crippen LogP contribution in [0.2, 0.25) is 0 Å². The summed E-state index contributed by atoms with van der Waals surface area (Å²) in [5.41, 5.74) is 1.06. The Balaban J connectivity index is 1.74. The Hall–Kier alpha value is -3.68. The molecule has 8 heteroatoms. The molecule has 2 aromatic rings. The van der Waals surface area contributed by atoms with Gasteiger partial charge in [-0.25, -0.2) is 9.59 Å². The van der Waals surface area contributed by atoms with E-state index in [0.717, 1.165) is 6.42 Å². The van der Waals surface area contributed by atoms with Crippen molar-refractivity contribution in [3.8, 4) is 5.75 Å². The van der Waals surface area contributed by atoms with Gasteiger partial charge in [0.25, 0.3) is 5.91 Å². The molecule has 0 fully saturated rings. The normalized spacial score (nSPS) is 11.1. The van der Waals surface area contributed by atoms with E-state index in [1.54, 1.807) is 55.5 Å². The molecule has 0 aliphatic carbocycles. The van der Waals surface area contributed by atoms with Crippen LogP contribution in [0.1, 0.15) is 36.2 Å². The number of amides is 3. The molecule has 0 radical (unpaired) electrons. The molecule has 0 aliphatic rings. The maximum Gasteiger partial charge on any atom is 0.344 e. The Morgan fingerprint density at radius 1 is 0.900 bits per heavy atom. The lowest BCUT2D eigenvalue weighted by Crippen LogP contribution is -2.44. The number of ketones is 1. The van der Waals surface area contributed by atoms with Gasteiger partial charge in [-0.3, -0.25) is 14.9 Å². The summed E-state index contributed by atoms with van der Waals surface area (Å²) < 4.78 is 10.1. The third kappa shape index (κ3) is 7.38. The summed E-state index contributed by atoms with van der Waals surface area (Å²) in [7, 11) is 0. The molecule has 0 aliphatic heterocycles. The van der Waals surface area contributed by atoms with E-state index >= 15 is 0 Å². The number of urea groups is 1. The van der Waals surface area contributed by atoms with Crippen LogP contribution in [0.25, 0.3) is 0 Å². The Morgan fingerprint density at radius 3 is 2.17 bits per heavy atom. The Bertz CT molecular complexity index is 880. The first-order valence-electron chi connectivity index (χ1n) is 9.47. The van der Waals surface area contributed by atoms with E-state index in [0.29, 0.717) is 16.9 Å². The lowest BCUT2D eigenvalue weighted by Gasteiger charge is -2.12. The van der Waals surface area contributed by atoms with Gasteiger partial charge in [0.1, 0.15) is 5.75 Å². The summed E-state index contributed by atoms with van der Waals surface area (Å²) >= 11 is 0. The fourth-order valence-electron chi connectivity index (χ4n) is 2.31. The van der Waals surface area contributed by atoms with E-state index in [2.05, 4.69) is 10.6 Å². The number of ether oxygens (including phenoxy) is 2. The summed E-state index contributed by atoms with van der Waals surface area (Å²) in [5.74, 6) is -1.26. The molecule has 2 rings (SSSR count). The molecule has 0 saturated heterocycles. The first-order chi connectivity index (χ1) is 14.4. The van der Waals surface area contributed by atoms with E-state index < -0.39 is 31.1 Å². The van der Waals surface area contributed by atoms with Crippen LogP contribution in [-0.2, 0) is 14.3 Å². The number of rotatable bonds is 9. The highest BCUT2D eigenvalue weighted by atomic mass is 16.6. The number of esters is 1. The van der Waals surface area contributed by atoms with Gasteiger partial charge >= 0.3 is 12.0 Å². The van der Waals surface area contributed by atoms with Crippen LogP contribution in [-0.4, -0.2) is 42.9 Å². The standard InChI is InChI=1S/C22H24N2O6/c1-3-15(2)23-22(28)24-19(25)13-30-20(26)14-29-18-11-9-17(10-12-18)21(27)16-7-5-4-6-8-16/h4-12,15H,3,13-14H2,1-2H3,(H2,23,24,25,28)/t15-/m1/s1. The number of nitrogens with one attached hydrogen (secondary N) is 2. The van der Waals surface area contributed by atoms with Crippen LogP contribution in [0.4, 0.5) is 4.79 Å². The number of imide groups is 1. The molecule has 8 nitrogen and oxygen atoms in total. The molecule has 158 valence electrons. The number of carbonyl (C=O) groups excluding carboxylic acids is 4. The quantitative estimate of drug-likeness (QED) is 0.484. The molecular formula is C22H24N2O6. The van der Waals surface area contributed by atoms with Gasteiger partial charge in [-0.1, -0.05) is 37.3 Å². The van der Waals surface area contributed by atoms with E-state index in [-0.39, 0.29) is 11.8 Å². The lowest BCUT2D eigenvalue weighted by atomic mass is 10.0. The third-order valence-corrected chi connectivity index (χ3v) is 4.12. The zero-order valence-electron chi connectivity index (χ0n) is 16.8. The largest absolute Gasteiger partial charge is 0.482 e. The van der Waals surface area contributed by atoms with Crippen molar-refractivity contribution in [1.82, 2.24) is 10.6 Å². The fraction of sp³-hybridized carbons (Fsp3) is 0.273. The van der Waals surface area contributed by atoms with Crippen LogP contribution >= 0.6 is 0 Å². The van der Waals surface area contributed by atoms with Gasteiger partial charge in [-0.05, 0) is 37.6 Å². The minimum atomic E-state index is -0.767. The average molecular weight is 412 g/mol. The van der Waals surface area contributed by atoms with Gasteiger partial charge in [0.05, 0.1) is 0 Å². The number of benzene rings is 2. The maximum absolute atomic E-state index is 12.3. The smallest absolute Gasteiger partial charge is 0.344 e. The lowest BCUT2D eigenvalue weighted by molar-refractivity contribution is -0.150. The summed E-state index contributed by atoms with van der Waals surface area (Å²) in [6.07, 6.45) is 0.718.